The third-order valence-corrected chi connectivity index (χ3v) is 25.0. The van der Waals surface area contributed by atoms with E-state index < -0.39 is 23.7 Å². The van der Waals surface area contributed by atoms with E-state index in [4.69, 9.17) is 4.12 Å². The second kappa shape index (κ2) is 4.84. The van der Waals surface area contributed by atoms with Gasteiger partial charge in [-0.3, -0.25) is 0 Å². The fraction of sp³-hybridized carbons (Fsp3) is 0.538. The average molecular weight is 283 g/mol. The smallest absolute Gasteiger partial charge is 0.205 e. The molecule has 4 heteroatoms. The fourth-order valence-electron chi connectivity index (χ4n) is 1.69. The maximum absolute atomic E-state index is 6.72. The van der Waals surface area contributed by atoms with E-state index >= 15 is 0 Å². The van der Waals surface area contributed by atoms with Gasteiger partial charge in [-0.1, -0.05) is 50.0 Å². The molecule has 0 atom stereocenters. The topological polar surface area (TPSA) is 9.23 Å². The first kappa shape index (κ1) is 14.9. The van der Waals surface area contributed by atoms with Gasteiger partial charge < -0.3 is 4.12 Å². The molecule has 0 aliphatic rings. The molecule has 0 heterocycles. The van der Waals surface area contributed by atoms with E-state index in [0.717, 1.165) is 0 Å². The van der Waals surface area contributed by atoms with Gasteiger partial charge >= 0.3 is 0 Å². The number of hydrogen-bond acceptors (Lipinski definition) is 1. The standard InChI is InChI=1S/C13H26OSi3/c1-15(2,3)17(6,7)14-16(4,5)13-11-9-8-10-12-13/h8-12H,1-7H3. The highest BCUT2D eigenvalue weighted by Gasteiger charge is 2.43. The first-order chi connectivity index (χ1) is 7.56. The monoisotopic (exact) mass is 282 g/mol. The predicted molar refractivity (Wildman–Crippen MR) is 85.5 cm³/mol. The van der Waals surface area contributed by atoms with Crippen LogP contribution in [0.1, 0.15) is 0 Å². The summed E-state index contributed by atoms with van der Waals surface area (Å²) in [6, 6.07) is 10.8. The number of hydrogen-bond donors (Lipinski definition) is 0. The second-order valence-electron chi connectivity index (χ2n) is 6.74. The molecule has 0 N–H and O–H groups in total. The minimum absolute atomic E-state index is 1.18. The second-order valence-corrected chi connectivity index (χ2v) is 26.8. The molecule has 96 valence electrons. The zero-order chi connectivity index (χ0) is 13.3. The van der Waals surface area contributed by atoms with Gasteiger partial charge in [-0.15, -0.1) is 0 Å². The van der Waals surface area contributed by atoms with Gasteiger partial charge in [0.1, 0.15) is 0 Å². The lowest BCUT2D eigenvalue weighted by atomic mass is 10.4. The van der Waals surface area contributed by atoms with Crippen LogP contribution in [0.3, 0.4) is 0 Å². The Bertz CT molecular complexity index is 366. The van der Waals surface area contributed by atoms with Crippen LogP contribution in [-0.2, 0) is 4.12 Å². The van der Waals surface area contributed by atoms with Crippen molar-refractivity contribution in [3.63, 3.8) is 0 Å². The van der Waals surface area contributed by atoms with E-state index in [1.807, 2.05) is 0 Å². The van der Waals surface area contributed by atoms with Crippen LogP contribution >= 0.6 is 0 Å². The van der Waals surface area contributed by atoms with Gasteiger partial charge in [0.2, 0.25) is 8.32 Å². The Morgan fingerprint density at radius 1 is 0.765 bits per heavy atom. The molecular formula is C13H26OSi3. The van der Waals surface area contributed by atoms with Crippen LogP contribution in [0.25, 0.3) is 0 Å². The highest BCUT2D eigenvalue weighted by Crippen LogP contribution is 2.24. The Morgan fingerprint density at radius 2 is 1.24 bits per heavy atom. The van der Waals surface area contributed by atoms with Crippen LogP contribution in [0.4, 0.5) is 0 Å². The summed E-state index contributed by atoms with van der Waals surface area (Å²) < 4.78 is 6.72. The lowest BCUT2D eigenvalue weighted by Crippen LogP contribution is -2.62. The van der Waals surface area contributed by atoms with Gasteiger partial charge in [0.25, 0.3) is 0 Å². The van der Waals surface area contributed by atoms with Crippen LogP contribution in [0.2, 0.25) is 45.8 Å². The summed E-state index contributed by atoms with van der Waals surface area (Å²) in [6.07, 6.45) is 0. The molecule has 0 radical (unpaired) electrons. The molecule has 1 aromatic carbocycles. The maximum atomic E-state index is 6.72. The van der Waals surface area contributed by atoms with Crippen molar-refractivity contribution < 1.29 is 4.12 Å². The molecule has 0 fully saturated rings. The van der Waals surface area contributed by atoms with Crippen molar-refractivity contribution in [2.45, 2.75) is 45.8 Å². The van der Waals surface area contributed by atoms with E-state index in [-0.39, 0.29) is 0 Å². The first-order valence-electron chi connectivity index (χ1n) is 6.32. The highest BCUT2D eigenvalue weighted by molar-refractivity contribution is 7.39. The summed E-state index contributed by atoms with van der Waals surface area (Å²) in [7, 11) is -4.43. The molecular weight excluding hydrogens is 256 g/mol. The summed E-state index contributed by atoms with van der Waals surface area (Å²) in [6.45, 7) is 16.8. The van der Waals surface area contributed by atoms with Gasteiger partial charge in [-0.25, -0.2) is 0 Å². The van der Waals surface area contributed by atoms with Gasteiger partial charge in [-0.05, 0) is 31.4 Å². The Labute approximate surface area is 109 Å². The van der Waals surface area contributed by atoms with Gasteiger partial charge in [0.15, 0.2) is 7.83 Å². The third-order valence-electron chi connectivity index (χ3n) is 3.79. The van der Waals surface area contributed by atoms with E-state index in [1.54, 1.807) is 0 Å². The van der Waals surface area contributed by atoms with Crippen molar-refractivity contribution in [2.75, 3.05) is 0 Å². The minimum Gasteiger partial charge on any atom is -0.455 e. The van der Waals surface area contributed by atoms with Crippen molar-refractivity contribution in [3.8, 4) is 0 Å². The Hall–Kier alpha value is -0.169. The van der Waals surface area contributed by atoms with Crippen LogP contribution in [0, 0.1) is 0 Å². The zero-order valence-corrected chi connectivity index (χ0v) is 15.3. The lowest BCUT2D eigenvalue weighted by molar-refractivity contribution is 0.577. The third kappa shape index (κ3) is 3.64. The molecule has 1 nitrogen and oxygen atoms in total. The van der Waals surface area contributed by atoms with Crippen LogP contribution in [0.5, 0.6) is 0 Å². The molecule has 0 saturated heterocycles. The van der Waals surface area contributed by atoms with Crippen molar-refractivity contribution in [1.29, 1.82) is 0 Å². The highest BCUT2D eigenvalue weighted by atomic mass is 29.3. The number of rotatable bonds is 4. The zero-order valence-electron chi connectivity index (χ0n) is 12.3. The van der Waals surface area contributed by atoms with Crippen molar-refractivity contribution in [1.82, 2.24) is 0 Å². The fourth-order valence-corrected chi connectivity index (χ4v) is 14.5. The molecule has 0 aliphatic heterocycles. The van der Waals surface area contributed by atoms with Crippen LogP contribution in [0.15, 0.2) is 30.3 Å². The summed E-state index contributed by atoms with van der Waals surface area (Å²) in [5, 5.41) is 1.42. The molecule has 0 aromatic heterocycles. The van der Waals surface area contributed by atoms with Gasteiger partial charge in [0, 0.05) is 0 Å². The SMILES string of the molecule is C[Si](C)(O[Si](C)(C)[Si](C)(C)C)c1ccccc1. The van der Waals surface area contributed by atoms with Gasteiger partial charge in [-0.2, -0.15) is 0 Å². The average Bonchev–Trinajstić information content (AvgIpc) is 2.15. The van der Waals surface area contributed by atoms with Crippen molar-refractivity contribution in [2.24, 2.45) is 0 Å². The summed E-state index contributed by atoms with van der Waals surface area (Å²) in [5.74, 6) is 0. The molecule has 0 unspecified atom stereocenters. The van der Waals surface area contributed by atoms with E-state index in [9.17, 15) is 0 Å². The van der Waals surface area contributed by atoms with Crippen molar-refractivity contribution >= 4 is 28.9 Å². The quantitative estimate of drug-likeness (QED) is 0.765. The Balaban J connectivity index is 2.95. The molecule has 1 aromatic rings. The molecule has 1 rings (SSSR count). The Kier molecular flexibility index (Phi) is 4.24. The van der Waals surface area contributed by atoms with Crippen molar-refractivity contribution in [3.05, 3.63) is 30.3 Å². The molecule has 17 heavy (non-hydrogen) atoms. The predicted octanol–water partition coefficient (Wildman–Crippen LogP) is 3.74. The van der Waals surface area contributed by atoms with E-state index in [2.05, 4.69) is 76.2 Å². The molecule has 0 bridgehead atoms. The van der Waals surface area contributed by atoms with Gasteiger partial charge in [0.05, 0.1) is 7.59 Å². The molecule has 0 saturated carbocycles. The summed E-state index contributed by atoms with van der Waals surface area (Å²) >= 11 is 0. The first-order valence-corrected chi connectivity index (χ1v) is 16.6. The Morgan fingerprint density at radius 3 is 1.65 bits per heavy atom. The van der Waals surface area contributed by atoms with Crippen LogP contribution < -0.4 is 5.19 Å². The number of benzene rings is 1. The molecule has 0 spiro atoms. The summed E-state index contributed by atoms with van der Waals surface area (Å²) in [5.41, 5.74) is 0. The van der Waals surface area contributed by atoms with E-state index in [1.165, 1.54) is 5.19 Å². The van der Waals surface area contributed by atoms with Crippen LogP contribution in [-0.4, -0.2) is 23.7 Å². The molecule has 0 amide bonds. The van der Waals surface area contributed by atoms with E-state index in [0.29, 0.717) is 0 Å². The minimum atomic E-state index is -1.73. The molecule has 0 aliphatic carbocycles. The summed E-state index contributed by atoms with van der Waals surface area (Å²) in [4.78, 5) is 0. The maximum Gasteiger partial charge on any atom is 0.205 e. The lowest BCUT2D eigenvalue weighted by Gasteiger charge is -2.41. The largest absolute Gasteiger partial charge is 0.455 e. The normalized spacial score (nSPS) is 13.8.